The molecule has 0 aliphatic carbocycles. The summed E-state index contributed by atoms with van der Waals surface area (Å²) in [5, 5.41) is 3.74. The molecule has 56 valence electrons. The Balaban J connectivity index is 2.58. The van der Waals surface area contributed by atoms with Crippen molar-refractivity contribution in [2.45, 2.75) is 26.3 Å². The van der Waals surface area contributed by atoms with E-state index in [1.165, 1.54) is 0 Å². The first-order valence-corrected chi connectivity index (χ1v) is 3.36. The Morgan fingerprint density at radius 2 is 2.50 bits per heavy atom. The number of rotatable bonds is 2. The van der Waals surface area contributed by atoms with Gasteiger partial charge in [0.15, 0.2) is 0 Å². The fourth-order valence-corrected chi connectivity index (χ4v) is 0.830. The highest BCUT2D eigenvalue weighted by molar-refractivity contribution is 5.03. The van der Waals surface area contributed by atoms with E-state index in [0.717, 1.165) is 17.9 Å². The van der Waals surface area contributed by atoms with Crippen molar-refractivity contribution in [3.05, 3.63) is 17.5 Å². The molecular formula is C7H12N2O. The second-order valence-corrected chi connectivity index (χ2v) is 2.62. The molecule has 1 atom stereocenters. The average Bonchev–Trinajstić information content (AvgIpc) is 2.13. The summed E-state index contributed by atoms with van der Waals surface area (Å²) in [6.07, 6.45) is 0.765. The summed E-state index contributed by atoms with van der Waals surface area (Å²) in [6.45, 7) is 3.84. The van der Waals surface area contributed by atoms with Crippen LogP contribution in [-0.4, -0.2) is 11.2 Å². The summed E-state index contributed by atoms with van der Waals surface area (Å²) in [5.41, 5.74) is 6.46. The van der Waals surface area contributed by atoms with Crippen molar-refractivity contribution in [2.75, 3.05) is 0 Å². The Morgan fingerprint density at radius 3 is 2.90 bits per heavy atom. The summed E-state index contributed by atoms with van der Waals surface area (Å²) in [7, 11) is 0. The molecule has 0 bridgehead atoms. The zero-order valence-electron chi connectivity index (χ0n) is 6.29. The van der Waals surface area contributed by atoms with Crippen LogP contribution in [0.5, 0.6) is 0 Å². The molecule has 0 fully saturated rings. The Morgan fingerprint density at radius 1 is 1.80 bits per heavy atom. The normalized spacial score (nSPS) is 13.5. The van der Waals surface area contributed by atoms with Crippen molar-refractivity contribution in [3.8, 4) is 0 Å². The SMILES string of the molecule is Cc1cc(CC(C)N)on1. The molecule has 1 heterocycles. The molecule has 2 N–H and O–H groups in total. The van der Waals surface area contributed by atoms with Crippen molar-refractivity contribution in [1.29, 1.82) is 0 Å². The van der Waals surface area contributed by atoms with E-state index in [9.17, 15) is 0 Å². The zero-order valence-corrected chi connectivity index (χ0v) is 6.29. The molecule has 0 saturated heterocycles. The second-order valence-electron chi connectivity index (χ2n) is 2.62. The number of nitrogens with zero attached hydrogens (tertiary/aromatic N) is 1. The summed E-state index contributed by atoms with van der Waals surface area (Å²) in [4.78, 5) is 0. The number of hydrogen-bond acceptors (Lipinski definition) is 3. The highest BCUT2D eigenvalue weighted by atomic mass is 16.5. The quantitative estimate of drug-likeness (QED) is 0.663. The Kier molecular flexibility index (Phi) is 2.06. The van der Waals surface area contributed by atoms with E-state index in [2.05, 4.69) is 5.16 Å². The van der Waals surface area contributed by atoms with Gasteiger partial charge in [-0.1, -0.05) is 5.16 Å². The van der Waals surface area contributed by atoms with Crippen molar-refractivity contribution >= 4 is 0 Å². The van der Waals surface area contributed by atoms with Gasteiger partial charge in [0.25, 0.3) is 0 Å². The van der Waals surface area contributed by atoms with E-state index in [4.69, 9.17) is 10.3 Å². The minimum atomic E-state index is 0.146. The van der Waals surface area contributed by atoms with E-state index in [1.807, 2.05) is 19.9 Å². The summed E-state index contributed by atoms with van der Waals surface area (Å²) < 4.78 is 4.95. The first kappa shape index (κ1) is 7.28. The molecule has 0 saturated carbocycles. The number of aryl methyl sites for hydroxylation is 1. The topological polar surface area (TPSA) is 52.0 Å². The van der Waals surface area contributed by atoms with Gasteiger partial charge in [0.2, 0.25) is 0 Å². The van der Waals surface area contributed by atoms with Gasteiger partial charge in [0, 0.05) is 18.5 Å². The molecule has 1 rings (SSSR count). The van der Waals surface area contributed by atoms with Crippen LogP contribution in [0.15, 0.2) is 10.6 Å². The zero-order chi connectivity index (χ0) is 7.56. The van der Waals surface area contributed by atoms with Crippen LogP contribution in [0.4, 0.5) is 0 Å². The van der Waals surface area contributed by atoms with Gasteiger partial charge in [-0.05, 0) is 13.8 Å². The largest absolute Gasteiger partial charge is 0.361 e. The monoisotopic (exact) mass is 140 g/mol. The highest BCUT2D eigenvalue weighted by Crippen LogP contribution is 2.03. The maximum atomic E-state index is 5.55. The lowest BCUT2D eigenvalue weighted by molar-refractivity contribution is 0.373. The van der Waals surface area contributed by atoms with Gasteiger partial charge in [0.05, 0.1) is 5.69 Å². The molecule has 0 amide bonds. The van der Waals surface area contributed by atoms with Gasteiger partial charge < -0.3 is 10.3 Å². The molecule has 1 unspecified atom stereocenters. The van der Waals surface area contributed by atoms with Crippen LogP contribution >= 0.6 is 0 Å². The van der Waals surface area contributed by atoms with E-state index in [1.54, 1.807) is 0 Å². The van der Waals surface area contributed by atoms with E-state index in [0.29, 0.717) is 0 Å². The van der Waals surface area contributed by atoms with Crippen LogP contribution in [0.3, 0.4) is 0 Å². The third-order valence-corrected chi connectivity index (χ3v) is 1.20. The fraction of sp³-hybridized carbons (Fsp3) is 0.571. The van der Waals surface area contributed by atoms with Gasteiger partial charge in [-0.15, -0.1) is 0 Å². The highest BCUT2D eigenvalue weighted by Gasteiger charge is 2.02. The maximum absolute atomic E-state index is 5.55. The summed E-state index contributed by atoms with van der Waals surface area (Å²) >= 11 is 0. The molecule has 3 nitrogen and oxygen atoms in total. The molecule has 0 radical (unpaired) electrons. The van der Waals surface area contributed by atoms with E-state index < -0.39 is 0 Å². The van der Waals surface area contributed by atoms with Gasteiger partial charge >= 0.3 is 0 Å². The second kappa shape index (κ2) is 2.84. The molecule has 0 spiro atoms. The van der Waals surface area contributed by atoms with Crippen LogP contribution in [0.25, 0.3) is 0 Å². The average molecular weight is 140 g/mol. The van der Waals surface area contributed by atoms with E-state index in [-0.39, 0.29) is 6.04 Å². The van der Waals surface area contributed by atoms with Crippen molar-refractivity contribution in [2.24, 2.45) is 5.73 Å². The van der Waals surface area contributed by atoms with Crippen LogP contribution in [0, 0.1) is 6.92 Å². The molecule has 0 aromatic carbocycles. The maximum Gasteiger partial charge on any atom is 0.138 e. The fourth-order valence-electron chi connectivity index (χ4n) is 0.830. The van der Waals surface area contributed by atoms with Gasteiger partial charge in [-0.2, -0.15) is 0 Å². The minimum Gasteiger partial charge on any atom is -0.361 e. The molecule has 10 heavy (non-hydrogen) atoms. The Hall–Kier alpha value is -0.830. The number of hydrogen-bond donors (Lipinski definition) is 1. The summed E-state index contributed by atoms with van der Waals surface area (Å²) in [5.74, 6) is 0.868. The van der Waals surface area contributed by atoms with Crippen molar-refractivity contribution in [3.63, 3.8) is 0 Å². The predicted octanol–water partition coefficient (Wildman–Crippen LogP) is 0.873. The Labute approximate surface area is 60.2 Å². The van der Waals surface area contributed by atoms with Gasteiger partial charge in [-0.25, -0.2) is 0 Å². The lowest BCUT2D eigenvalue weighted by Gasteiger charge is -1.97. The van der Waals surface area contributed by atoms with Gasteiger partial charge in [0.1, 0.15) is 5.76 Å². The third kappa shape index (κ3) is 1.84. The number of aromatic nitrogens is 1. The molecule has 0 aliphatic heterocycles. The van der Waals surface area contributed by atoms with Crippen LogP contribution in [0.1, 0.15) is 18.4 Å². The van der Waals surface area contributed by atoms with Crippen LogP contribution in [-0.2, 0) is 6.42 Å². The van der Waals surface area contributed by atoms with Gasteiger partial charge in [-0.3, -0.25) is 0 Å². The lowest BCUT2D eigenvalue weighted by Crippen LogP contribution is -2.17. The standard InChI is InChI=1S/C7H12N2O/c1-5(8)3-7-4-6(2)9-10-7/h4-5H,3,8H2,1-2H3. The molecule has 1 aromatic rings. The lowest BCUT2D eigenvalue weighted by atomic mass is 10.2. The summed E-state index contributed by atoms with van der Waals surface area (Å²) in [6, 6.07) is 2.05. The van der Waals surface area contributed by atoms with Crippen molar-refractivity contribution < 1.29 is 4.52 Å². The first-order valence-electron chi connectivity index (χ1n) is 3.36. The molecule has 0 aliphatic rings. The van der Waals surface area contributed by atoms with Crippen LogP contribution in [0.2, 0.25) is 0 Å². The molecular weight excluding hydrogens is 128 g/mol. The Bertz CT molecular complexity index is 205. The van der Waals surface area contributed by atoms with Crippen molar-refractivity contribution in [1.82, 2.24) is 5.16 Å². The number of nitrogens with two attached hydrogens (primary N) is 1. The smallest absolute Gasteiger partial charge is 0.138 e. The third-order valence-electron chi connectivity index (χ3n) is 1.20. The first-order chi connectivity index (χ1) is 4.68. The minimum absolute atomic E-state index is 0.146. The molecule has 3 heteroatoms. The predicted molar refractivity (Wildman–Crippen MR) is 38.6 cm³/mol. The molecule has 1 aromatic heterocycles. The van der Waals surface area contributed by atoms with E-state index >= 15 is 0 Å². The van der Waals surface area contributed by atoms with Crippen LogP contribution < -0.4 is 5.73 Å².